The molecular formula is C23H23Cl2FN2O3. The molecule has 1 amide bonds. The van der Waals surface area contributed by atoms with Gasteiger partial charge >= 0.3 is 0 Å². The van der Waals surface area contributed by atoms with E-state index in [0.717, 1.165) is 12.0 Å². The van der Waals surface area contributed by atoms with Gasteiger partial charge in [0.25, 0.3) is 0 Å². The minimum Gasteiger partial charge on any atom is -0.395 e. The molecule has 3 aliphatic rings. The first-order valence-corrected chi connectivity index (χ1v) is 11.2. The summed E-state index contributed by atoms with van der Waals surface area (Å²) in [5.74, 6) is -1.04. The Bertz CT molecular complexity index is 1030. The van der Waals surface area contributed by atoms with Crippen molar-refractivity contribution in [2.75, 3.05) is 31.7 Å². The molecule has 3 heterocycles. The third-order valence-corrected chi connectivity index (χ3v) is 7.47. The fraction of sp³-hybridized carbons (Fsp3) is 0.435. The first kappa shape index (κ1) is 21.2. The number of carbonyl (C=O) groups is 1. The van der Waals surface area contributed by atoms with Crippen molar-refractivity contribution in [3.63, 3.8) is 0 Å². The van der Waals surface area contributed by atoms with Gasteiger partial charge in [0.05, 0.1) is 18.2 Å². The molecule has 0 aliphatic carbocycles. The number of halogens is 3. The Morgan fingerprint density at radius 3 is 2.87 bits per heavy atom. The van der Waals surface area contributed by atoms with Crippen molar-refractivity contribution in [1.82, 2.24) is 4.90 Å². The number of anilines is 1. The molecule has 0 radical (unpaired) electrons. The van der Waals surface area contributed by atoms with Crippen molar-refractivity contribution in [3.05, 3.63) is 63.4 Å². The number of carbonyl (C=O) groups excluding carboxylic acids is 1. The quantitative estimate of drug-likeness (QED) is 0.712. The highest BCUT2D eigenvalue weighted by molar-refractivity contribution is 6.31. The smallest absolute Gasteiger partial charge is 0.250 e. The highest BCUT2D eigenvalue weighted by Crippen LogP contribution is 2.57. The highest BCUT2D eigenvalue weighted by atomic mass is 35.5. The number of amides is 1. The standard InChI is InChI=1S/C23H23Cl2FN2O3/c24-14-4-5-17-20(8-14)27-22(30)23(17)18(16-2-1-3-19(25)21(16)26)9-15(11-29)28(23)10-13-6-7-31-12-13/h1-5,8,13,15,18,29H,6-7,9-12H2,(H,27,30)/t13?,15-,18-,23-/m1/s1. The molecular weight excluding hydrogens is 442 g/mol. The van der Waals surface area contributed by atoms with Gasteiger partial charge in [0.1, 0.15) is 11.4 Å². The second-order valence-corrected chi connectivity index (χ2v) is 9.40. The summed E-state index contributed by atoms with van der Waals surface area (Å²) in [7, 11) is 0. The van der Waals surface area contributed by atoms with Gasteiger partial charge in [-0.25, -0.2) is 4.39 Å². The number of aliphatic hydroxyl groups excluding tert-OH is 1. The Kier molecular flexibility index (Phi) is 5.47. The zero-order chi connectivity index (χ0) is 21.8. The highest BCUT2D eigenvalue weighted by Gasteiger charge is 2.63. The number of hydrogen-bond acceptors (Lipinski definition) is 4. The van der Waals surface area contributed by atoms with Crippen LogP contribution in [0.25, 0.3) is 0 Å². The second kappa shape index (κ2) is 8.01. The lowest BCUT2D eigenvalue weighted by molar-refractivity contribution is -0.128. The van der Waals surface area contributed by atoms with Crippen LogP contribution in [-0.2, 0) is 15.1 Å². The van der Waals surface area contributed by atoms with E-state index in [9.17, 15) is 9.90 Å². The summed E-state index contributed by atoms with van der Waals surface area (Å²) < 4.78 is 20.8. The maximum absolute atomic E-state index is 15.2. The number of hydrogen-bond donors (Lipinski definition) is 2. The van der Waals surface area contributed by atoms with Gasteiger partial charge in [-0.15, -0.1) is 0 Å². The van der Waals surface area contributed by atoms with E-state index in [2.05, 4.69) is 10.2 Å². The third-order valence-electron chi connectivity index (χ3n) is 6.94. The van der Waals surface area contributed by atoms with Gasteiger partial charge in [0.15, 0.2) is 0 Å². The molecule has 3 aliphatic heterocycles. The van der Waals surface area contributed by atoms with E-state index < -0.39 is 17.3 Å². The first-order chi connectivity index (χ1) is 15.0. The van der Waals surface area contributed by atoms with E-state index in [1.165, 1.54) is 6.07 Å². The van der Waals surface area contributed by atoms with E-state index in [-0.39, 0.29) is 29.5 Å². The van der Waals surface area contributed by atoms with E-state index in [1.807, 2.05) is 6.07 Å². The molecule has 0 aromatic heterocycles. The van der Waals surface area contributed by atoms with Crippen LogP contribution in [0.15, 0.2) is 36.4 Å². The number of rotatable bonds is 4. The SMILES string of the molecule is O=C1Nc2cc(Cl)ccc2[C@@]12[C@@H](c1cccc(Cl)c1F)C[C@H](CO)N2CC1CCOC1. The minimum atomic E-state index is -1.17. The summed E-state index contributed by atoms with van der Waals surface area (Å²) in [4.78, 5) is 15.8. The van der Waals surface area contributed by atoms with Gasteiger partial charge in [-0.1, -0.05) is 41.4 Å². The molecule has 5 nitrogen and oxygen atoms in total. The number of nitrogens with one attached hydrogen (secondary N) is 1. The summed E-state index contributed by atoms with van der Waals surface area (Å²) in [5.41, 5.74) is 0.591. The molecule has 164 valence electrons. The average molecular weight is 465 g/mol. The van der Waals surface area contributed by atoms with Crippen LogP contribution in [0.4, 0.5) is 10.1 Å². The zero-order valence-electron chi connectivity index (χ0n) is 16.8. The van der Waals surface area contributed by atoms with Gasteiger partial charge in [-0.3, -0.25) is 9.69 Å². The Morgan fingerprint density at radius 1 is 1.29 bits per heavy atom. The molecule has 2 aromatic carbocycles. The Labute approximate surface area is 190 Å². The van der Waals surface area contributed by atoms with Crippen LogP contribution >= 0.6 is 23.2 Å². The summed E-state index contributed by atoms with van der Waals surface area (Å²) in [6.45, 7) is 1.72. The summed E-state index contributed by atoms with van der Waals surface area (Å²) in [5, 5.41) is 13.8. The maximum atomic E-state index is 15.2. The van der Waals surface area contributed by atoms with E-state index >= 15 is 4.39 Å². The average Bonchev–Trinajstić information content (AvgIpc) is 3.44. The predicted octanol–water partition coefficient (Wildman–Crippen LogP) is 4.17. The summed E-state index contributed by atoms with van der Waals surface area (Å²) >= 11 is 12.3. The lowest BCUT2D eigenvalue weighted by Gasteiger charge is -2.40. The lowest BCUT2D eigenvalue weighted by atomic mass is 9.75. The molecule has 1 spiro atoms. The van der Waals surface area contributed by atoms with E-state index in [4.69, 9.17) is 27.9 Å². The molecule has 2 aromatic rings. The van der Waals surface area contributed by atoms with Crippen molar-refractivity contribution >= 4 is 34.8 Å². The van der Waals surface area contributed by atoms with Crippen LogP contribution < -0.4 is 5.32 Å². The first-order valence-electron chi connectivity index (χ1n) is 10.5. The number of nitrogens with zero attached hydrogens (tertiary/aromatic N) is 1. The normalized spacial score (nSPS) is 30.2. The summed E-state index contributed by atoms with van der Waals surface area (Å²) in [6, 6.07) is 9.88. The van der Waals surface area contributed by atoms with Gasteiger partial charge in [0.2, 0.25) is 5.91 Å². The lowest BCUT2D eigenvalue weighted by Crippen LogP contribution is -2.54. The fourth-order valence-corrected chi connectivity index (χ4v) is 5.95. The van der Waals surface area contributed by atoms with Crippen molar-refractivity contribution in [1.29, 1.82) is 0 Å². The second-order valence-electron chi connectivity index (χ2n) is 8.56. The maximum Gasteiger partial charge on any atom is 0.250 e. The fourth-order valence-electron chi connectivity index (χ4n) is 5.59. The van der Waals surface area contributed by atoms with Crippen molar-refractivity contribution in [2.45, 2.75) is 30.3 Å². The van der Waals surface area contributed by atoms with Gasteiger partial charge in [-0.05, 0) is 42.5 Å². The van der Waals surface area contributed by atoms with Gasteiger partial charge in [0, 0.05) is 41.4 Å². The van der Waals surface area contributed by atoms with Crippen LogP contribution in [0.5, 0.6) is 0 Å². The van der Waals surface area contributed by atoms with Crippen LogP contribution in [0, 0.1) is 11.7 Å². The van der Waals surface area contributed by atoms with Crippen LogP contribution in [0.1, 0.15) is 29.9 Å². The number of benzene rings is 2. The van der Waals surface area contributed by atoms with E-state index in [0.29, 0.717) is 42.5 Å². The molecule has 2 saturated heterocycles. The van der Waals surface area contributed by atoms with Crippen LogP contribution in [0.3, 0.4) is 0 Å². The van der Waals surface area contributed by atoms with Crippen molar-refractivity contribution < 1.29 is 19.0 Å². The molecule has 0 saturated carbocycles. The Hall–Kier alpha value is -1.70. The number of ether oxygens (including phenoxy) is 1. The predicted molar refractivity (Wildman–Crippen MR) is 117 cm³/mol. The third kappa shape index (κ3) is 3.19. The molecule has 2 N–H and O–H groups in total. The molecule has 2 fully saturated rings. The molecule has 0 bridgehead atoms. The number of aliphatic hydroxyl groups is 1. The Balaban J connectivity index is 1.71. The number of likely N-dealkylation sites (tertiary alicyclic amines) is 1. The van der Waals surface area contributed by atoms with E-state index in [1.54, 1.807) is 24.3 Å². The molecule has 5 rings (SSSR count). The molecule has 8 heteroatoms. The molecule has 4 atom stereocenters. The largest absolute Gasteiger partial charge is 0.395 e. The minimum absolute atomic E-state index is 0.0191. The molecule has 1 unspecified atom stereocenters. The monoisotopic (exact) mass is 464 g/mol. The Morgan fingerprint density at radius 2 is 2.13 bits per heavy atom. The van der Waals surface area contributed by atoms with Crippen molar-refractivity contribution in [3.8, 4) is 0 Å². The van der Waals surface area contributed by atoms with Crippen molar-refractivity contribution in [2.24, 2.45) is 5.92 Å². The summed E-state index contributed by atoms with van der Waals surface area (Å²) in [6.07, 6.45) is 1.31. The topological polar surface area (TPSA) is 61.8 Å². The van der Waals surface area contributed by atoms with Crippen LogP contribution in [0.2, 0.25) is 10.0 Å². The van der Waals surface area contributed by atoms with Crippen LogP contribution in [-0.4, -0.2) is 48.3 Å². The molecule has 31 heavy (non-hydrogen) atoms. The zero-order valence-corrected chi connectivity index (χ0v) is 18.3. The van der Waals surface area contributed by atoms with Gasteiger partial charge < -0.3 is 15.2 Å². The van der Waals surface area contributed by atoms with Gasteiger partial charge in [-0.2, -0.15) is 0 Å². The number of fused-ring (bicyclic) bond motifs is 2.